The fourth-order valence-electron chi connectivity index (χ4n) is 2.21. The molecule has 1 aliphatic carbocycles. The van der Waals surface area contributed by atoms with Crippen molar-refractivity contribution < 1.29 is 4.79 Å². The summed E-state index contributed by atoms with van der Waals surface area (Å²) in [6.07, 6.45) is 3.73. The molecule has 0 aromatic carbocycles. The number of hydrogen-bond donors (Lipinski definition) is 2. The van der Waals surface area contributed by atoms with E-state index in [1.807, 2.05) is 19.0 Å². The van der Waals surface area contributed by atoms with Crippen LogP contribution in [0.15, 0.2) is 6.33 Å². The number of aromatic nitrogens is 2. The molecule has 0 spiro atoms. The fraction of sp³-hybridized carbons (Fsp3) is 0.643. The molecule has 0 saturated heterocycles. The van der Waals surface area contributed by atoms with Gasteiger partial charge in [0.2, 0.25) is 5.91 Å². The number of hydrogen-bond acceptors (Lipinski definition) is 5. The van der Waals surface area contributed by atoms with Crippen LogP contribution in [0.5, 0.6) is 0 Å². The molecule has 1 amide bonds. The molecule has 1 aliphatic rings. The minimum Gasteiger partial charge on any atom is -0.373 e. The van der Waals surface area contributed by atoms with Crippen LogP contribution in [0.4, 0.5) is 11.6 Å². The highest BCUT2D eigenvalue weighted by Gasteiger charge is 2.24. The number of nitrogens with one attached hydrogen (secondary N) is 2. The van der Waals surface area contributed by atoms with Crippen LogP contribution in [0.25, 0.3) is 0 Å². The van der Waals surface area contributed by atoms with Gasteiger partial charge in [-0.05, 0) is 18.8 Å². The molecule has 110 valence electrons. The van der Waals surface area contributed by atoms with Gasteiger partial charge in [-0.2, -0.15) is 0 Å². The lowest BCUT2D eigenvalue weighted by atomic mass is 10.0. The van der Waals surface area contributed by atoms with Crippen molar-refractivity contribution in [2.75, 3.05) is 30.9 Å². The van der Waals surface area contributed by atoms with Crippen LogP contribution in [0, 0.1) is 0 Å². The quantitative estimate of drug-likeness (QED) is 0.821. The highest BCUT2D eigenvalue weighted by Crippen LogP contribution is 2.29. The van der Waals surface area contributed by atoms with Gasteiger partial charge in [0.15, 0.2) is 0 Å². The van der Waals surface area contributed by atoms with E-state index in [1.54, 1.807) is 0 Å². The number of amides is 1. The van der Waals surface area contributed by atoms with Gasteiger partial charge in [0.25, 0.3) is 0 Å². The highest BCUT2D eigenvalue weighted by atomic mass is 16.2. The Morgan fingerprint density at radius 2 is 2.15 bits per heavy atom. The summed E-state index contributed by atoms with van der Waals surface area (Å²) in [5.41, 5.74) is 1.04. The first kappa shape index (κ1) is 14.6. The summed E-state index contributed by atoms with van der Waals surface area (Å²) in [4.78, 5) is 22.4. The first-order valence-electron chi connectivity index (χ1n) is 7.06. The molecule has 0 unspecified atom stereocenters. The summed E-state index contributed by atoms with van der Waals surface area (Å²) in [6, 6.07) is 0.388. The minimum absolute atomic E-state index is 0.0503. The summed E-state index contributed by atoms with van der Waals surface area (Å²) < 4.78 is 0. The Morgan fingerprint density at radius 1 is 1.45 bits per heavy atom. The van der Waals surface area contributed by atoms with Crippen molar-refractivity contribution in [1.82, 2.24) is 15.3 Å². The van der Waals surface area contributed by atoms with Crippen LogP contribution < -0.4 is 15.5 Å². The molecule has 0 radical (unpaired) electrons. The third-order valence-corrected chi connectivity index (χ3v) is 3.36. The second kappa shape index (κ2) is 6.07. The van der Waals surface area contributed by atoms with Gasteiger partial charge in [-0.1, -0.05) is 13.8 Å². The number of likely N-dealkylation sites (N-methyl/N-ethyl adjacent to an activating group) is 1. The maximum atomic E-state index is 11.9. The topological polar surface area (TPSA) is 70.2 Å². The van der Waals surface area contributed by atoms with Crippen molar-refractivity contribution in [1.29, 1.82) is 0 Å². The molecule has 1 saturated carbocycles. The number of nitrogens with zero attached hydrogens (tertiary/aromatic N) is 3. The standard InChI is InChI=1S/C14H23N5O/c1-9(2)12-13(15-3)16-8-17-14(12)19(4)7-11(20)18-10-5-6-10/h8-10H,5-7H2,1-4H3,(H,18,20)(H,15,16,17). The Bertz CT molecular complexity index is 484. The van der Waals surface area contributed by atoms with Crippen LogP contribution in [0.2, 0.25) is 0 Å². The smallest absolute Gasteiger partial charge is 0.239 e. The van der Waals surface area contributed by atoms with Gasteiger partial charge < -0.3 is 15.5 Å². The van der Waals surface area contributed by atoms with E-state index in [0.717, 1.165) is 30.0 Å². The van der Waals surface area contributed by atoms with E-state index in [1.165, 1.54) is 6.33 Å². The van der Waals surface area contributed by atoms with Crippen LogP contribution in [0.1, 0.15) is 38.2 Å². The van der Waals surface area contributed by atoms with Crippen molar-refractivity contribution in [2.45, 2.75) is 38.6 Å². The highest BCUT2D eigenvalue weighted by molar-refractivity contribution is 5.82. The zero-order valence-electron chi connectivity index (χ0n) is 12.6. The number of anilines is 2. The van der Waals surface area contributed by atoms with Crippen LogP contribution in [-0.4, -0.2) is 42.6 Å². The van der Waals surface area contributed by atoms with Crippen molar-refractivity contribution in [3.05, 3.63) is 11.9 Å². The van der Waals surface area contributed by atoms with Gasteiger partial charge in [-0.15, -0.1) is 0 Å². The predicted octanol–water partition coefficient (Wildman–Crippen LogP) is 1.36. The first-order chi connectivity index (χ1) is 9.52. The maximum absolute atomic E-state index is 11.9. The van der Waals surface area contributed by atoms with E-state index in [4.69, 9.17) is 0 Å². The summed E-state index contributed by atoms with van der Waals surface area (Å²) in [5, 5.41) is 6.08. The summed E-state index contributed by atoms with van der Waals surface area (Å²) in [6.45, 7) is 4.51. The van der Waals surface area contributed by atoms with Gasteiger partial charge in [0.1, 0.15) is 18.0 Å². The molecule has 2 N–H and O–H groups in total. The molecule has 1 heterocycles. The lowest BCUT2D eigenvalue weighted by molar-refractivity contribution is -0.119. The molecular formula is C14H23N5O. The van der Waals surface area contributed by atoms with Crippen LogP contribution in [0.3, 0.4) is 0 Å². The lowest BCUT2D eigenvalue weighted by Gasteiger charge is -2.23. The fourth-order valence-corrected chi connectivity index (χ4v) is 2.21. The SMILES string of the molecule is CNc1ncnc(N(C)CC(=O)NC2CC2)c1C(C)C. The second-order valence-electron chi connectivity index (χ2n) is 5.56. The number of rotatable bonds is 6. The van der Waals surface area contributed by atoms with E-state index in [-0.39, 0.29) is 11.8 Å². The average molecular weight is 277 g/mol. The van der Waals surface area contributed by atoms with Gasteiger partial charge in [0, 0.05) is 25.7 Å². The van der Waals surface area contributed by atoms with Crippen molar-refractivity contribution in [2.24, 2.45) is 0 Å². The Labute approximate surface area is 120 Å². The normalized spacial score (nSPS) is 14.2. The summed E-state index contributed by atoms with van der Waals surface area (Å²) in [7, 11) is 3.73. The summed E-state index contributed by atoms with van der Waals surface area (Å²) in [5.74, 6) is 1.96. The Balaban J connectivity index is 2.15. The third-order valence-electron chi connectivity index (χ3n) is 3.36. The maximum Gasteiger partial charge on any atom is 0.239 e. The molecule has 20 heavy (non-hydrogen) atoms. The molecule has 1 aromatic heterocycles. The molecule has 0 bridgehead atoms. The lowest BCUT2D eigenvalue weighted by Crippen LogP contribution is -2.37. The van der Waals surface area contributed by atoms with Gasteiger partial charge in [-0.25, -0.2) is 9.97 Å². The first-order valence-corrected chi connectivity index (χ1v) is 7.06. The van der Waals surface area contributed by atoms with E-state index in [0.29, 0.717) is 12.6 Å². The average Bonchev–Trinajstić information content (AvgIpc) is 3.21. The van der Waals surface area contributed by atoms with Crippen LogP contribution >= 0.6 is 0 Å². The zero-order valence-corrected chi connectivity index (χ0v) is 12.6. The molecular weight excluding hydrogens is 254 g/mol. The monoisotopic (exact) mass is 277 g/mol. The molecule has 2 rings (SSSR count). The van der Waals surface area contributed by atoms with E-state index in [9.17, 15) is 4.79 Å². The van der Waals surface area contributed by atoms with Crippen LogP contribution in [-0.2, 0) is 4.79 Å². The van der Waals surface area contributed by atoms with Crippen molar-refractivity contribution in [3.63, 3.8) is 0 Å². The Kier molecular flexibility index (Phi) is 4.42. The second-order valence-corrected chi connectivity index (χ2v) is 5.56. The van der Waals surface area contributed by atoms with E-state index in [2.05, 4.69) is 34.4 Å². The number of carbonyl (C=O) groups is 1. The van der Waals surface area contributed by atoms with E-state index >= 15 is 0 Å². The Morgan fingerprint density at radius 3 is 2.70 bits per heavy atom. The minimum atomic E-state index is 0.0503. The largest absolute Gasteiger partial charge is 0.373 e. The zero-order chi connectivity index (χ0) is 14.7. The molecule has 0 aliphatic heterocycles. The predicted molar refractivity (Wildman–Crippen MR) is 80.1 cm³/mol. The number of carbonyl (C=O) groups excluding carboxylic acids is 1. The van der Waals surface area contributed by atoms with Gasteiger partial charge in [-0.3, -0.25) is 4.79 Å². The molecule has 1 aromatic rings. The van der Waals surface area contributed by atoms with E-state index < -0.39 is 0 Å². The molecule has 6 nitrogen and oxygen atoms in total. The van der Waals surface area contributed by atoms with Gasteiger partial charge in [0.05, 0.1) is 6.54 Å². The molecule has 0 atom stereocenters. The van der Waals surface area contributed by atoms with Crippen molar-refractivity contribution >= 4 is 17.5 Å². The summed E-state index contributed by atoms with van der Waals surface area (Å²) >= 11 is 0. The molecule has 6 heteroatoms. The van der Waals surface area contributed by atoms with Crippen molar-refractivity contribution in [3.8, 4) is 0 Å². The Hall–Kier alpha value is -1.85. The van der Waals surface area contributed by atoms with Gasteiger partial charge >= 0.3 is 0 Å². The third kappa shape index (κ3) is 3.37. The molecule has 1 fully saturated rings.